The number of ether oxygens (including phenoxy) is 2. The van der Waals surface area contributed by atoms with Crippen LogP contribution in [0.5, 0.6) is 11.5 Å². The third-order valence-corrected chi connectivity index (χ3v) is 4.16. The number of hydrogen-bond acceptors (Lipinski definition) is 6. The Hall–Kier alpha value is -3.21. The molecule has 0 aliphatic heterocycles. The number of nitrogens with zero attached hydrogens (tertiary/aromatic N) is 3. The molecule has 0 fully saturated rings. The summed E-state index contributed by atoms with van der Waals surface area (Å²) in [6.45, 7) is 0.503. The standard InChI is InChI=1S/C18H22N4O4/c1-21-16(13(11-19)17(23)22(2)18(21)24)20-9-5-6-12-7-8-14(25-3)15(10-12)26-4/h7-8,10,20H,5-6,9H2,1-4H3. The first-order valence-corrected chi connectivity index (χ1v) is 8.09. The third kappa shape index (κ3) is 3.72. The number of hydrogen-bond donors (Lipinski definition) is 1. The molecule has 138 valence electrons. The smallest absolute Gasteiger partial charge is 0.332 e. The van der Waals surface area contributed by atoms with Crippen LogP contribution in [0, 0.1) is 11.3 Å². The van der Waals surface area contributed by atoms with Crippen LogP contribution in [0.4, 0.5) is 5.82 Å². The first kappa shape index (κ1) is 19.1. The molecular weight excluding hydrogens is 336 g/mol. The van der Waals surface area contributed by atoms with E-state index in [4.69, 9.17) is 9.47 Å². The molecule has 0 aliphatic rings. The normalized spacial score (nSPS) is 10.3. The topological polar surface area (TPSA) is 98.3 Å². The highest BCUT2D eigenvalue weighted by atomic mass is 16.5. The molecule has 1 N–H and O–H groups in total. The van der Waals surface area contributed by atoms with Crippen molar-refractivity contribution in [3.05, 3.63) is 50.2 Å². The molecule has 8 nitrogen and oxygen atoms in total. The molecule has 0 saturated carbocycles. The molecule has 1 aromatic heterocycles. The van der Waals surface area contributed by atoms with E-state index < -0.39 is 11.2 Å². The number of methoxy groups -OCH3 is 2. The zero-order chi connectivity index (χ0) is 19.3. The van der Waals surface area contributed by atoms with Crippen LogP contribution in [0.3, 0.4) is 0 Å². The second kappa shape index (κ2) is 8.25. The summed E-state index contributed by atoms with van der Waals surface area (Å²) in [5.41, 5.74) is -0.0714. The van der Waals surface area contributed by atoms with Crippen LogP contribution < -0.4 is 26.0 Å². The summed E-state index contributed by atoms with van der Waals surface area (Å²) in [6, 6.07) is 7.59. The third-order valence-electron chi connectivity index (χ3n) is 4.16. The van der Waals surface area contributed by atoms with Gasteiger partial charge < -0.3 is 14.8 Å². The molecule has 2 rings (SSSR count). The summed E-state index contributed by atoms with van der Waals surface area (Å²) in [6.07, 6.45) is 1.50. The van der Waals surface area contributed by atoms with E-state index in [1.807, 2.05) is 24.3 Å². The molecule has 0 radical (unpaired) electrons. The van der Waals surface area contributed by atoms with Gasteiger partial charge in [-0.25, -0.2) is 4.79 Å². The van der Waals surface area contributed by atoms with Crippen LogP contribution >= 0.6 is 0 Å². The first-order chi connectivity index (χ1) is 12.4. The van der Waals surface area contributed by atoms with E-state index in [9.17, 15) is 14.9 Å². The van der Waals surface area contributed by atoms with Gasteiger partial charge in [0, 0.05) is 20.6 Å². The Bertz CT molecular complexity index is 953. The predicted molar refractivity (Wildman–Crippen MR) is 98.0 cm³/mol. The maximum atomic E-state index is 12.0. The Balaban J connectivity index is 2.09. The van der Waals surface area contributed by atoms with Gasteiger partial charge in [0.05, 0.1) is 14.2 Å². The number of nitriles is 1. The van der Waals surface area contributed by atoms with Gasteiger partial charge in [-0.05, 0) is 30.5 Å². The van der Waals surface area contributed by atoms with Crippen molar-refractivity contribution in [3.63, 3.8) is 0 Å². The van der Waals surface area contributed by atoms with Gasteiger partial charge in [0.1, 0.15) is 11.9 Å². The number of aryl methyl sites for hydroxylation is 1. The summed E-state index contributed by atoms with van der Waals surface area (Å²) >= 11 is 0. The highest BCUT2D eigenvalue weighted by molar-refractivity contribution is 5.51. The van der Waals surface area contributed by atoms with Gasteiger partial charge in [-0.15, -0.1) is 0 Å². The van der Waals surface area contributed by atoms with Crippen molar-refractivity contribution in [2.45, 2.75) is 12.8 Å². The molecule has 0 amide bonds. The fourth-order valence-corrected chi connectivity index (χ4v) is 2.69. The van der Waals surface area contributed by atoms with Crippen LogP contribution in [0.1, 0.15) is 17.5 Å². The number of rotatable bonds is 7. The predicted octanol–water partition coefficient (Wildman–Crippen LogP) is 1.02. The maximum Gasteiger partial charge on any atom is 0.332 e. The minimum Gasteiger partial charge on any atom is -0.493 e. The lowest BCUT2D eigenvalue weighted by Gasteiger charge is -2.14. The lowest BCUT2D eigenvalue weighted by Crippen LogP contribution is -2.40. The van der Waals surface area contributed by atoms with Crippen LogP contribution in [-0.2, 0) is 20.5 Å². The summed E-state index contributed by atoms with van der Waals surface area (Å²) in [5.74, 6) is 1.58. The van der Waals surface area contributed by atoms with Gasteiger partial charge in [-0.2, -0.15) is 5.26 Å². The lowest BCUT2D eigenvalue weighted by molar-refractivity contribution is 0.354. The Morgan fingerprint density at radius 1 is 1.12 bits per heavy atom. The molecule has 1 heterocycles. The molecule has 1 aromatic carbocycles. The SMILES string of the molecule is COc1ccc(CCCNc2c(C#N)c(=O)n(C)c(=O)n2C)cc1OC. The molecule has 0 atom stereocenters. The van der Waals surface area contributed by atoms with Crippen LogP contribution in [-0.4, -0.2) is 29.9 Å². The van der Waals surface area contributed by atoms with E-state index in [-0.39, 0.29) is 11.4 Å². The fourth-order valence-electron chi connectivity index (χ4n) is 2.69. The average Bonchev–Trinajstić information content (AvgIpc) is 2.66. The second-order valence-corrected chi connectivity index (χ2v) is 5.76. The minimum atomic E-state index is -0.599. The van der Waals surface area contributed by atoms with Gasteiger partial charge in [-0.1, -0.05) is 6.07 Å². The van der Waals surface area contributed by atoms with Crippen molar-refractivity contribution in [1.29, 1.82) is 5.26 Å². The fraction of sp³-hybridized carbons (Fsp3) is 0.389. The zero-order valence-electron chi connectivity index (χ0n) is 15.3. The van der Waals surface area contributed by atoms with Gasteiger partial charge >= 0.3 is 5.69 Å². The Kier molecular flexibility index (Phi) is 6.07. The molecule has 0 aliphatic carbocycles. The summed E-state index contributed by atoms with van der Waals surface area (Å²) in [7, 11) is 6.05. The monoisotopic (exact) mass is 358 g/mol. The molecule has 0 unspecified atom stereocenters. The van der Waals surface area contributed by atoms with E-state index >= 15 is 0 Å². The van der Waals surface area contributed by atoms with Crippen molar-refractivity contribution >= 4 is 5.82 Å². The minimum absolute atomic E-state index is 0.0688. The van der Waals surface area contributed by atoms with Crippen molar-refractivity contribution in [3.8, 4) is 17.6 Å². The van der Waals surface area contributed by atoms with Gasteiger partial charge in [0.2, 0.25) is 0 Å². The number of nitrogens with one attached hydrogen (secondary N) is 1. The highest BCUT2D eigenvalue weighted by Crippen LogP contribution is 2.27. The number of aromatic nitrogens is 2. The zero-order valence-corrected chi connectivity index (χ0v) is 15.3. The van der Waals surface area contributed by atoms with E-state index in [1.165, 1.54) is 18.7 Å². The van der Waals surface area contributed by atoms with Crippen LogP contribution in [0.25, 0.3) is 0 Å². The van der Waals surface area contributed by atoms with E-state index in [0.29, 0.717) is 18.0 Å². The summed E-state index contributed by atoms with van der Waals surface area (Å²) < 4.78 is 12.7. The molecule has 2 aromatic rings. The number of anilines is 1. The Morgan fingerprint density at radius 2 is 1.81 bits per heavy atom. The lowest BCUT2D eigenvalue weighted by atomic mass is 10.1. The van der Waals surface area contributed by atoms with Crippen LogP contribution in [0.2, 0.25) is 0 Å². The molecule has 8 heteroatoms. The first-order valence-electron chi connectivity index (χ1n) is 8.09. The largest absolute Gasteiger partial charge is 0.493 e. The van der Waals surface area contributed by atoms with Crippen molar-refractivity contribution < 1.29 is 9.47 Å². The quantitative estimate of drug-likeness (QED) is 0.742. The van der Waals surface area contributed by atoms with Crippen molar-refractivity contribution in [2.24, 2.45) is 14.1 Å². The van der Waals surface area contributed by atoms with Gasteiger partial charge in [0.15, 0.2) is 17.1 Å². The molecule has 26 heavy (non-hydrogen) atoms. The van der Waals surface area contributed by atoms with Gasteiger partial charge in [0.25, 0.3) is 5.56 Å². The second-order valence-electron chi connectivity index (χ2n) is 5.76. The molecule has 0 spiro atoms. The number of benzene rings is 1. The van der Waals surface area contributed by atoms with Gasteiger partial charge in [-0.3, -0.25) is 13.9 Å². The van der Waals surface area contributed by atoms with Crippen molar-refractivity contribution in [1.82, 2.24) is 9.13 Å². The van der Waals surface area contributed by atoms with Crippen LogP contribution in [0.15, 0.2) is 27.8 Å². The summed E-state index contributed by atoms with van der Waals surface area (Å²) in [4.78, 5) is 24.1. The molecule has 0 bridgehead atoms. The van der Waals surface area contributed by atoms with E-state index in [2.05, 4.69) is 5.32 Å². The van der Waals surface area contributed by atoms with Crippen molar-refractivity contribution in [2.75, 3.05) is 26.1 Å². The maximum absolute atomic E-state index is 12.0. The summed E-state index contributed by atoms with van der Waals surface area (Å²) in [5, 5.41) is 12.3. The molecule has 0 saturated heterocycles. The van der Waals surface area contributed by atoms with E-state index in [1.54, 1.807) is 14.2 Å². The molecular formula is C18H22N4O4. The highest BCUT2D eigenvalue weighted by Gasteiger charge is 2.14. The average molecular weight is 358 g/mol. The Morgan fingerprint density at radius 3 is 2.42 bits per heavy atom. The Labute approximate surface area is 151 Å². The van der Waals surface area contributed by atoms with E-state index in [0.717, 1.165) is 23.0 Å².